The molecular weight excluding hydrogens is 106 g/mol. The summed E-state index contributed by atoms with van der Waals surface area (Å²) in [4.78, 5) is 10.8. The van der Waals surface area contributed by atoms with E-state index in [-0.39, 0.29) is 0 Å². The summed E-state index contributed by atoms with van der Waals surface area (Å²) < 4.78 is 0. The quantitative estimate of drug-likeness (QED) is 0.497. The molecule has 0 aliphatic rings. The Morgan fingerprint density at radius 1 is 1.57 bits per heavy atom. The van der Waals surface area contributed by atoms with Crippen LogP contribution >= 0.6 is 0 Å². The zero-order chi connectivity index (χ0) is 5.91. The van der Waals surface area contributed by atoms with E-state index in [1.165, 1.54) is 0 Å². The van der Waals surface area contributed by atoms with Crippen molar-refractivity contribution in [2.24, 2.45) is 5.73 Å². The Morgan fingerprint density at radius 2 is 2.00 bits per heavy atom. The molecule has 0 radical (unpaired) electrons. The van der Waals surface area contributed by atoms with Gasteiger partial charge in [-0.2, -0.15) is 0 Å². The molecule has 0 fully saturated rings. The highest BCUT2D eigenvalue weighted by atomic mass is 28.4. The van der Waals surface area contributed by atoms with Gasteiger partial charge in [-0.15, -0.1) is 0 Å². The van der Waals surface area contributed by atoms with Gasteiger partial charge in [0, 0.05) is 0 Å². The third-order valence-electron chi connectivity index (χ3n) is 0.746. The standard InChI is InChI=1S/C4H12NOSi/c1-7(2,6)4-3-5/h3-5H2,1-2H3/q-1. The van der Waals surface area contributed by atoms with Crippen LogP contribution in [0.5, 0.6) is 0 Å². The summed E-state index contributed by atoms with van der Waals surface area (Å²) in [5, 5.41) is 0. The van der Waals surface area contributed by atoms with Crippen molar-refractivity contribution in [3.05, 3.63) is 0 Å². The van der Waals surface area contributed by atoms with E-state index in [4.69, 9.17) is 5.73 Å². The average molecular weight is 118 g/mol. The topological polar surface area (TPSA) is 49.1 Å². The van der Waals surface area contributed by atoms with Gasteiger partial charge in [0.15, 0.2) is 0 Å². The van der Waals surface area contributed by atoms with Crippen molar-refractivity contribution >= 4 is 8.32 Å². The Balaban J connectivity index is 3.15. The van der Waals surface area contributed by atoms with E-state index in [1.54, 1.807) is 13.1 Å². The Hall–Kier alpha value is 0.137. The summed E-state index contributed by atoms with van der Waals surface area (Å²) in [5.74, 6) is 0. The molecular formula is C4H12NOSi-. The minimum absolute atomic E-state index is 0.558. The van der Waals surface area contributed by atoms with Crippen molar-refractivity contribution in [2.75, 3.05) is 6.54 Å². The van der Waals surface area contributed by atoms with Crippen LogP contribution in [0.2, 0.25) is 19.1 Å². The Labute approximate surface area is 45.5 Å². The molecule has 0 unspecified atom stereocenters. The van der Waals surface area contributed by atoms with Gasteiger partial charge in [0.2, 0.25) is 0 Å². The highest BCUT2D eigenvalue weighted by Crippen LogP contribution is 1.95. The van der Waals surface area contributed by atoms with Gasteiger partial charge < -0.3 is 10.5 Å². The Morgan fingerprint density at radius 3 is 2.00 bits per heavy atom. The van der Waals surface area contributed by atoms with Crippen molar-refractivity contribution in [3.63, 3.8) is 0 Å². The molecule has 0 rings (SSSR count). The summed E-state index contributed by atoms with van der Waals surface area (Å²) in [7, 11) is -2.03. The first-order valence-electron chi connectivity index (χ1n) is 2.47. The number of hydrogen-bond donors (Lipinski definition) is 1. The summed E-state index contributed by atoms with van der Waals surface area (Å²) in [5.41, 5.74) is 5.15. The minimum atomic E-state index is -2.03. The van der Waals surface area contributed by atoms with Crippen molar-refractivity contribution in [2.45, 2.75) is 19.1 Å². The van der Waals surface area contributed by atoms with Gasteiger partial charge >= 0.3 is 0 Å². The maximum atomic E-state index is 10.8. The van der Waals surface area contributed by atoms with Crippen molar-refractivity contribution < 1.29 is 4.80 Å². The largest absolute Gasteiger partial charge is 0.859 e. The molecule has 0 aliphatic heterocycles. The molecule has 0 spiro atoms. The van der Waals surface area contributed by atoms with Crippen molar-refractivity contribution in [1.82, 2.24) is 0 Å². The fraction of sp³-hybridized carbons (Fsp3) is 1.00. The lowest BCUT2D eigenvalue weighted by atomic mass is 10.8. The third kappa shape index (κ3) is 6.14. The molecule has 2 nitrogen and oxygen atoms in total. The van der Waals surface area contributed by atoms with Crippen molar-refractivity contribution in [1.29, 1.82) is 0 Å². The summed E-state index contributed by atoms with van der Waals surface area (Å²) in [6.07, 6.45) is 0. The van der Waals surface area contributed by atoms with Gasteiger partial charge in [0.05, 0.1) is 0 Å². The summed E-state index contributed by atoms with van der Waals surface area (Å²) in [6, 6.07) is 0.701. The fourth-order valence-corrected chi connectivity index (χ4v) is 1.04. The molecule has 0 heterocycles. The normalized spacial score (nSPS) is 12.0. The molecule has 0 amide bonds. The first-order chi connectivity index (χ1) is 3.06. The van der Waals surface area contributed by atoms with Crippen LogP contribution in [0.1, 0.15) is 0 Å². The highest BCUT2D eigenvalue weighted by Gasteiger charge is 1.98. The van der Waals surface area contributed by atoms with Crippen LogP contribution in [0, 0.1) is 0 Å². The molecule has 0 atom stereocenters. The SMILES string of the molecule is C[Si](C)([O-])CCN. The maximum Gasteiger partial charge on any atom is -0.0113 e. The second-order valence-electron chi connectivity index (χ2n) is 2.30. The maximum absolute atomic E-state index is 10.8. The lowest BCUT2D eigenvalue weighted by molar-refractivity contribution is -0.205. The van der Waals surface area contributed by atoms with Crippen LogP contribution in [-0.2, 0) is 0 Å². The molecule has 2 N–H and O–H groups in total. The average Bonchev–Trinajstić information content (AvgIpc) is 1.30. The molecule has 0 bridgehead atoms. The van der Waals surface area contributed by atoms with Gasteiger partial charge in [-0.3, -0.25) is 0 Å². The predicted molar refractivity (Wildman–Crippen MR) is 31.3 cm³/mol. The second kappa shape index (κ2) is 2.45. The van der Waals surface area contributed by atoms with Crippen LogP contribution in [0.25, 0.3) is 0 Å². The van der Waals surface area contributed by atoms with Crippen molar-refractivity contribution in [3.8, 4) is 0 Å². The van der Waals surface area contributed by atoms with Crippen LogP contribution in [0.4, 0.5) is 0 Å². The summed E-state index contributed by atoms with van der Waals surface area (Å²) in [6.45, 7) is 4.11. The van der Waals surface area contributed by atoms with Gasteiger partial charge in [-0.1, -0.05) is 27.5 Å². The molecule has 0 aromatic carbocycles. The second-order valence-corrected chi connectivity index (χ2v) is 6.32. The van der Waals surface area contributed by atoms with Crippen LogP contribution < -0.4 is 10.5 Å². The molecule has 0 aromatic rings. The molecule has 0 aromatic heterocycles. The van der Waals surface area contributed by atoms with E-state index in [0.717, 1.165) is 0 Å². The fourth-order valence-electron chi connectivity index (χ4n) is 0.348. The molecule has 44 valence electrons. The Kier molecular flexibility index (Phi) is 2.49. The lowest BCUT2D eigenvalue weighted by Gasteiger charge is -2.28. The third-order valence-corrected chi connectivity index (χ3v) is 2.24. The zero-order valence-electron chi connectivity index (χ0n) is 4.90. The minimum Gasteiger partial charge on any atom is -0.859 e. The van der Waals surface area contributed by atoms with E-state index in [2.05, 4.69) is 0 Å². The van der Waals surface area contributed by atoms with E-state index in [1.807, 2.05) is 0 Å². The first-order valence-corrected chi connectivity index (χ1v) is 5.58. The number of rotatable bonds is 2. The van der Waals surface area contributed by atoms with Gasteiger partial charge in [0.25, 0.3) is 0 Å². The van der Waals surface area contributed by atoms with Crippen LogP contribution in [0.15, 0.2) is 0 Å². The molecule has 7 heavy (non-hydrogen) atoms. The van der Waals surface area contributed by atoms with Crippen LogP contribution in [0.3, 0.4) is 0 Å². The van der Waals surface area contributed by atoms with E-state index < -0.39 is 8.32 Å². The smallest absolute Gasteiger partial charge is 0.0113 e. The molecule has 3 heteroatoms. The summed E-state index contributed by atoms with van der Waals surface area (Å²) >= 11 is 0. The van der Waals surface area contributed by atoms with Crippen LogP contribution in [-0.4, -0.2) is 14.9 Å². The van der Waals surface area contributed by atoms with Gasteiger partial charge in [0.1, 0.15) is 0 Å². The first kappa shape index (κ1) is 7.14. The van der Waals surface area contributed by atoms with E-state index >= 15 is 0 Å². The van der Waals surface area contributed by atoms with E-state index in [9.17, 15) is 4.80 Å². The molecule has 0 saturated carbocycles. The highest BCUT2D eigenvalue weighted by molar-refractivity contribution is 6.68. The van der Waals surface area contributed by atoms with Gasteiger partial charge in [-0.05, 0) is 6.54 Å². The number of hydrogen-bond acceptors (Lipinski definition) is 2. The monoisotopic (exact) mass is 118 g/mol. The Bertz CT molecular complexity index is 50.1. The molecule has 0 aliphatic carbocycles. The van der Waals surface area contributed by atoms with Gasteiger partial charge in [-0.25, -0.2) is 0 Å². The number of nitrogens with two attached hydrogens (primary N) is 1. The lowest BCUT2D eigenvalue weighted by Crippen LogP contribution is -2.44. The predicted octanol–water partition coefficient (Wildman–Crippen LogP) is -0.489. The zero-order valence-corrected chi connectivity index (χ0v) is 5.90. The van der Waals surface area contributed by atoms with E-state index in [0.29, 0.717) is 12.6 Å². The molecule has 0 saturated heterocycles.